The van der Waals surface area contributed by atoms with E-state index in [0.29, 0.717) is 11.9 Å². The van der Waals surface area contributed by atoms with Crippen molar-refractivity contribution < 1.29 is 4.79 Å². The highest BCUT2D eigenvalue weighted by Crippen LogP contribution is 2.33. The second kappa shape index (κ2) is 7.83. The molecule has 0 radical (unpaired) electrons. The first-order valence-electron chi connectivity index (χ1n) is 7.20. The molecule has 0 aromatic carbocycles. The van der Waals surface area contributed by atoms with E-state index >= 15 is 0 Å². The topological polar surface area (TPSA) is 49.6 Å². The molecule has 3 unspecified atom stereocenters. The van der Waals surface area contributed by atoms with Crippen molar-refractivity contribution >= 4 is 30.7 Å². The Hall–Kier alpha value is -0.0300. The average molecular weight is 326 g/mol. The van der Waals surface area contributed by atoms with Crippen molar-refractivity contribution in [2.24, 2.45) is 11.7 Å². The summed E-state index contributed by atoms with van der Waals surface area (Å²) in [6, 6.07) is 0.314. The van der Waals surface area contributed by atoms with Gasteiger partial charge in [0, 0.05) is 31.2 Å². The van der Waals surface area contributed by atoms with Gasteiger partial charge in [-0.25, -0.2) is 0 Å². The number of hydrogen-bond acceptors (Lipinski definition) is 3. The molecular formula is C14H29Cl2N3O. The summed E-state index contributed by atoms with van der Waals surface area (Å²) in [6.45, 7) is 6.99. The molecule has 1 amide bonds. The number of amides is 1. The van der Waals surface area contributed by atoms with Gasteiger partial charge in [0.15, 0.2) is 0 Å². The fourth-order valence-corrected chi connectivity index (χ4v) is 3.43. The van der Waals surface area contributed by atoms with Crippen LogP contribution in [0.2, 0.25) is 0 Å². The van der Waals surface area contributed by atoms with E-state index in [0.717, 1.165) is 45.3 Å². The van der Waals surface area contributed by atoms with Crippen LogP contribution in [0.25, 0.3) is 0 Å². The van der Waals surface area contributed by atoms with Gasteiger partial charge in [-0.3, -0.25) is 4.79 Å². The fraction of sp³-hybridized carbons (Fsp3) is 0.929. The van der Waals surface area contributed by atoms with Crippen LogP contribution in [0.4, 0.5) is 0 Å². The summed E-state index contributed by atoms with van der Waals surface area (Å²) >= 11 is 0. The van der Waals surface area contributed by atoms with Crippen molar-refractivity contribution in [3.8, 4) is 0 Å². The summed E-state index contributed by atoms with van der Waals surface area (Å²) in [5.41, 5.74) is 6.04. The molecule has 0 spiro atoms. The minimum Gasteiger partial charge on any atom is -0.337 e. The van der Waals surface area contributed by atoms with Crippen molar-refractivity contribution in [2.45, 2.75) is 51.1 Å². The number of carbonyl (C=O) groups excluding carboxylic acids is 1. The molecule has 0 bridgehead atoms. The number of carbonyl (C=O) groups is 1. The number of halogens is 2. The lowest BCUT2D eigenvalue weighted by Crippen LogP contribution is -2.59. The van der Waals surface area contributed by atoms with Gasteiger partial charge in [-0.05, 0) is 33.7 Å². The third-order valence-electron chi connectivity index (χ3n) is 4.67. The molecule has 1 heterocycles. The van der Waals surface area contributed by atoms with Gasteiger partial charge in [-0.1, -0.05) is 12.8 Å². The zero-order valence-corrected chi connectivity index (χ0v) is 14.4. The second-order valence-electron chi connectivity index (χ2n) is 6.45. The third kappa shape index (κ3) is 4.23. The van der Waals surface area contributed by atoms with E-state index in [1.165, 1.54) is 0 Å². The van der Waals surface area contributed by atoms with Gasteiger partial charge in [-0.2, -0.15) is 0 Å². The summed E-state index contributed by atoms with van der Waals surface area (Å²) in [4.78, 5) is 17.1. The van der Waals surface area contributed by atoms with Gasteiger partial charge >= 0.3 is 0 Å². The van der Waals surface area contributed by atoms with Gasteiger partial charge in [0.05, 0.1) is 5.92 Å². The van der Waals surface area contributed by atoms with Crippen LogP contribution in [0.5, 0.6) is 0 Å². The zero-order chi connectivity index (χ0) is 13.3. The van der Waals surface area contributed by atoms with Crippen LogP contribution in [-0.4, -0.2) is 54.0 Å². The third-order valence-corrected chi connectivity index (χ3v) is 4.67. The van der Waals surface area contributed by atoms with Gasteiger partial charge in [0.2, 0.25) is 5.91 Å². The molecule has 0 aromatic rings. The number of piperazine rings is 1. The quantitative estimate of drug-likeness (QED) is 0.801. The molecule has 1 saturated heterocycles. The summed E-state index contributed by atoms with van der Waals surface area (Å²) < 4.78 is 0. The number of rotatable bonds is 1. The molecule has 2 fully saturated rings. The predicted molar refractivity (Wildman–Crippen MR) is 87.7 cm³/mol. The maximum atomic E-state index is 12.7. The minimum absolute atomic E-state index is 0. The highest BCUT2D eigenvalue weighted by atomic mass is 35.5. The Morgan fingerprint density at radius 1 is 1.25 bits per heavy atom. The smallest absolute Gasteiger partial charge is 0.227 e. The number of hydrogen-bond donors (Lipinski definition) is 1. The SMILES string of the molecule is CC1CN(C)CCN1C(=O)C1CCCCC1(C)N.Cl.Cl. The Labute approximate surface area is 135 Å². The van der Waals surface area contributed by atoms with Crippen LogP contribution in [-0.2, 0) is 4.79 Å². The summed E-state index contributed by atoms with van der Waals surface area (Å²) in [6.07, 6.45) is 4.25. The van der Waals surface area contributed by atoms with Crippen molar-refractivity contribution in [3.05, 3.63) is 0 Å². The average Bonchev–Trinajstić information content (AvgIpc) is 2.27. The Kier molecular flexibility index (Phi) is 7.82. The number of likely N-dealkylation sites (N-methyl/N-ethyl adjacent to an activating group) is 1. The highest BCUT2D eigenvalue weighted by Gasteiger charge is 2.41. The van der Waals surface area contributed by atoms with Crippen molar-refractivity contribution in [1.82, 2.24) is 9.80 Å². The maximum Gasteiger partial charge on any atom is 0.227 e. The van der Waals surface area contributed by atoms with Gasteiger partial charge < -0.3 is 15.5 Å². The molecule has 0 aromatic heterocycles. The number of nitrogens with two attached hydrogens (primary N) is 1. The lowest BCUT2D eigenvalue weighted by Gasteiger charge is -2.44. The van der Waals surface area contributed by atoms with E-state index in [9.17, 15) is 4.79 Å². The highest BCUT2D eigenvalue weighted by molar-refractivity contribution is 5.85. The molecule has 6 heteroatoms. The number of nitrogens with zero attached hydrogens (tertiary/aromatic N) is 2. The first kappa shape index (κ1) is 20.0. The van der Waals surface area contributed by atoms with Crippen molar-refractivity contribution in [2.75, 3.05) is 26.7 Å². The van der Waals surface area contributed by atoms with E-state index in [-0.39, 0.29) is 36.3 Å². The van der Waals surface area contributed by atoms with Crippen molar-refractivity contribution in [3.63, 3.8) is 0 Å². The second-order valence-corrected chi connectivity index (χ2v) is 6.45. The van der Waals surface area contributed by atoms with Crippen LogP contribution in [0, 0.1) is 5.92 Å². The minimum atomic E-state index is -0.307. The Bertz CT molecular complexity index is 326. The fourth-order valence-electron chi connectivity index (χ4n) is 3.43. The largest absolute Gasteiger partial charge is 0.337 e. The summed E-state index contributed by atoms with van der Waals surface area (Å²) in [7, 11) is 2.12. The lowest BCUT2D eigenvalue weighted by molar-refractivity contribution is -0.143. The van der Waals surface area contributed by atoms with Crippen LogP contribution in [0.1, 0.15) is 39.5 Å². The van der Waals surface area contributed by atoms with E-state index in [1.54, 1.807) is 0 Å². The zero-order valence-electron chi connectivity index (χ0n) is 12.8. The Balaban J connectivity index is 0.00000180. The standard InChI is InChI=1S/C14H27N3O.2ClH/c1-11-10-16(3)8-9-17(11)13(18)12-6-4-5-7-14(12,2)15;;/h11-12H,4-10,15H2,1-3H3;2*1H. The first-order chi connectivity index (χ1) is 8.42. The van der Waals surface area contributed by atoms with Crippen LogP contribution in [0.15, 0.2) is 0 Å². The molecule has 2 N–H and O–H groups in total. The predicted octanol–water partition coefficient (Wildman–Crippen LogP) is 1.90. The van der Waals surface area contributed by atoms with E-state index in [4.69, 9.17) is 5.73 Å². The van der Waals surface area contributed by atoms with Crippen molar-refractivity contribution in [1.29, 1.82) is 0 Å². The van der Waals surface area contributed by atoms with Gasteiger partial charge in [-0.15, -0.1) is 24.8 Å². The lowest BCUT2D eigenvalue weighted by atomic mass is 9.73. The molecular weight excluding hydrogens is 297 g/mol. The molecule has 1 aliphatic carbocycles. The van der Waals surface area contributed by atoms with Crippen LogP contribution < -0.4 is 5.73 Å². The van der Waals surface area contributed by atoms with E-state index < -0.39 is 0 Å². The Morgan fingerprint density at radius 2 is 1.90 bits per heavy atom. The Morgan fingerprint density at radius 3 is 2.45 bits per heavy atom. The normalized spacial score (nSPS) is 34.9. The molecule has 1 aliphatic heterocycles. The summed E-state index contributed by atoms with van der Waals surface area (Å²) in [5.74, 6) is 0.317. The van der Waals surface area contributed by atoms with Gasteiger partial charge in [0.25, 0.3) is 0 Å². The van der Waals surface area contributed by atoms with Crippen LogP contribution in [0.3, 0.4) is 0 Å². The van der Waals surface area contributed by atoms with E-state index in [2.05, 4.69) is 30.7 Å². The monoisotopic (exact) mass is 325 g/mol. The first-order valence-corrected chi connectivity index (χ1v) is 7.20. The molecule has 3 atom stereocenters. The van der Waals surface area contributed by atoms with E-state index in [1.807, 2.05) is 0 Å². The van der Waals surface area contributed by atoms with Crippen LogP contribution >= 0.6 is 24.8 Å². The molecule has 1 saturated carbocycles. The maximum absolute atomic E-state index is 12.7. The molecule has 120 valence electrons. The summed E-state index contributed by atoms with van der Waals surface area (Å²) in [5, 5.41) is 0. The molecule has 2 rings (SSSR count). The molecule has 20 heavy (non-hydrogen) atoms. The molecule has 2 aliphatic rings. The van der Waals surface area contributed by atoms with Gasteiger partial charge in [0.1, 0.15) is 0 Å². The molecule has 4 nitrogen and oxygen atoms in total.